The predicted molar refractivity (Wildman–Crippen MR) is 51.3 cm³/mol. The van der Waals surface area contributed by atoms with E-state index in [-0.39, 0.29) is 23.6 Å². The lowest BCUT2D eigenvalue weighted by Gasteiger charge is -2.17. The summed E-state index contributed by atoms with van der Waals surface area (Å²) in [7, 11) is 1.18. The van der Waals surface area contributed by atoms with Crippen molar-refractivity contribution in [2.75, 3.05) is 7.11 Å². The van der Waals surface area contributed by atoms with E-state index in [1.165, 1.54) is 7.11 Å². The van der Waals surface area contributed by atoms with E-state index in [4.69, 9.17) is 15.6 Å². The monoisotopic (exact) mass is 252 g/mol. The number of hydrogen-bond donors (Lipinski definition) is 2. The number of pyridine rings is 1. The molecule has 0 aromatic carbocycles. The minimum atomic E-state index is -4.87. The van der Waals surface area contributed by atoms with Crippen LogP contribution < -0.4 is 15.2 Å². The Bertz CT molecular complexity index is 396. The maximum absolute atomic E-state index is 12.2. The van der Waals surface area contributed by atoms with E-state index in [0.717, 1.165) is 6.20 Å². The molecule has 0 aliphatic rings. The fraction of sp³-hybridized carbons (Fsp3) is 0.444. The van der Waals surface area contributed by atoms with Gasteiger partial charge >= 0.3 is 6.36 Å². The van der Waals surface area contributed by atoms with E-state index in [1.807, 2.05) is 0 Å². The van der Waals surface area contributed by atoms with Crippen LogP contribution in [0.1, 0.15) is 11.3 Å². The van der Waals surface area contributed by atoms with Crippen molar-refractivity contribution < 1.29 is 27.8 Å². The maximum atomic E-state index is 12.2. The first-order chi connectivity index (χ1) is 7.92. The normalized spacial score (nSPS) is 11.4. The molecule has 0 saturated carbocycles. The SMILES string of the molecule is COc1cnc(CO)c(CN)c1OC(F)(F)F. The number of ether oxygens (including phenoxy) is 2. The molecule has 96 valence electrons. The Morgan fingerprint density at radius 2 is 2.12 bits per heavy atom. The fourth-order valence-electron chi connectivity index (χ4n) is 1.27. The minimum Gasteiger partial charge on any atom is -0.491 e. The molecule has 0 saturated heterocycles. The summed E-state index contributed by atoms with van der Waals surface area (Å²) in [5, 5.41) is 8.94. The van der Waals surface area contributed by atoms with Gasteiger partial charge in [-0.3, -0.25) is 4.98 Å². The van der Waals surface area contributed by atoms with Crippen LogP contribution in [0.2, 0.25) is 0 Å². The molecule has 8 heteroatoms. The van der Waals surface area contributed by atoms with Crippen molar-refractivity contribution in [1.82, 2.24) is 4.98 Å². The van der Waals surface area contributed by atoms with Crippen molar-refractivity contribution in [2.24, 2.45) is 5.73 Å². The zero-order chi connectivity index (χ0) is 13.1. The molecule has 17 heavy (non-hydrogen) atoms. The van der Waals surface area contributed by atoms with Crippen molar-refractivity contribution in [1.29, 1.82) is 0 Å². The number of methoxy groups -OCH3 is 1. The maximum Gasteiger partial charge on any atom is 0.573 e. The molecule has 1 aromatic rings. The van der Waals surface area contributed by atoms with Crippen LogP contribution in [0.5, 0.6) is 11.5 Å². The van der Waals surface area contributed by atoms with Crippen LogP contribution in [0, 0.1) is 0 Å². The molecule has 1 rings (SSSR count). The molecular weight excluding hydrogens is 241 g/mol. The van der Waals surface area contributed by atoms with Gasteiger partial charge in [0, 0.05) is 12.1 Å². The third-order valence-corrected chi connectivity index (χ3v) is 1.98. The topological polar surface area (TPSA) is 77.6 Å². The number of aliphatic hydroxyl groups excluding tert-OH is 1. The number of alkyl halides is 3. The standard InChI is InChI=1S/C9H11F3N2O3/c1-16-7-3-14-6(4-15)5(2-13)8(7)17-9(10,11)12/h3,15H,2,4,13H2,1H3. The quantitative estimate of drug-likeness (QED) is 0.833. The number of halogens is 3. The van der Waals surface area contributed by atoms with Crippen LogP contribution in [-0.2, 0) is 13.2 Å². The lowest BCUT2D eigenvalue weighted by Crippen LogP contribution is -2.20. The van der Waals surface area contributed by atoms with E-state index in [9.17, 15) is 13.2 Å². The molecule has 0 aliphatic heterocycles. The molecular formula is C9H11F3N2O3. The van der Waals surface area contributed by atoms with Gasteiger partial charge in [0.1, 0.15) is 0 Å². The number of rotatable bonds is 4. The van der Waals surface area contributed by atoms with Crippen LogP contribution in [0.3, 0.4) is 0 Å². The molecule has 0 unspecified atom stereocenters. The second-order valence-electron chi connectivity index (χ2n) is 2.99. The highest BCUT2D eigenvalue weighted by atomic mass is 19.4. The van der Waals surface area contributed by atoms with Crippen LogP contribution in [0.4, 0.5) is 13.2 Å². The molecule has 0 bridgehead atoms. The Kier molecular flexibility index (Phi) is 4.13. The summed E-state index contributed by atoms with van der Waals surface area (Å²) in [5.74, 6) is -0.762. The van der Waals surface area contributed by atoms with Gasteiger partial charge < -0.3 is 20.3 Å². The van der Waals surface area contributed by atoms with Gasteiger partial charge in [-0.25, -0.2) is 0 Å². The Hall–Kier alpha value is -1.54. The summed E-state index contributed by atoms with van der Waals surface area (Å²) >= 11 is 0. The summed E-state index contributed by atoms with van der Waals surface area (Å²) in [4.78, 5) is 3.73. The largest absolute Gasteiger partial charge is 0.573 e. The van der Waals surface area contributed by atoms with Gasteiger partial charge in [0.05, 0.1) is 25.6 Å². The minimum absolute atomic E-state index is 0.0209. The van der Waals surface area contributed by atoms with Crippen molar-refractivity contribution >= 4 is 0 Å². The number of hydrogen-bond acceptors (Lipinski definition) is 5. The smallest absolute Gasteiger partial charge is 0.491 e. The van der Waals surface area contributed by atoms with Crippen LogP contribution in [-0.4, -0.2) is 23.6 Å². The molecule has 0 radical (unpaired) electrons. The highest BCUT2D eigenvalue weighted by Gasteiger charge is 2.34. The van der Waals surface area contributed by atoms with Crippen molar-refractivity contribution in [3.05, 3.63) is 17.5 Å². The van der Waals surface area contributed by atoms with Gasteiger partial charge in [-0.05, 0) is 0 Å². The van der Waals surface area contributed by atoms with Gasteiger partial charge in [0.25, 0.3) is 0 Å². The van der Waals surface area contributed by atoms with Crippen molar-refractivity contribution in [2.45, 2.75) is 19.5 Å². The molecule has 1 aromatic heterocycles. The molecule has 0 atom stereocenters. The first-order valence-electron chi connectivity index (χ1n) is 4.54. The second-order valence-corrected chi connectivity index (χ2v) is 2.99. The second kappa shape index (κ2) is 5.19. The van der Waals surface area contributed by atoms with Crippen LogP contribution >= 0.6 is 0 Å². The summed E-state index contributed by atoms with van der Waals surface area (Å²) in [5.41, 5.74) is 5.30. The first-order valence-corrected chi connectivity index (χ1v) is 4.54. The highest BCUT2D eigenvalue weighted by Crippen LogP contribution is 2.36. The molecule has 5 nitrogen and oxygen atoms in total. The third kappa shape index (κ3) is 3.21. The number of nitrogens with two attached hydrogens (primary N) is 1. The average molecular weight is 252 g/mol. The van der Waals surface area contributed by atoms with Crippen LogP contribution in [0.25, 0.3) is 0 Å². The summed E-state index contributed by atoms with van der Waals surface area (Å²) in [6.45, 7) is -0.795. The lowest BCUT2D eigenvalue weighted by molar-refractivity contribution is -0.275. The van der Waals surface area contributed by atoms with Gasteiger partial charge in [-0.1, -0.05) is 0 Å². The zero-order valence-corrected chi connectivity index (χ0v) is 8.91. The summed E-state index contributed by atoms with van der Waals surface area (Å²) in [6, 6.07) is 0. The van der Waals surface area contributed by atoms with Gasteiger partial charge in [-0.15, -0.1) is 13.2 Å². The molecule has 0 spiro atoms. The molecule has 1 heterocycles. The number of nitrogens with zero attached hydrogens (tertiary/aromatic N) is 1. The number of aromatic nitrogens is 1. The molecule has 0 fully saturated rings. The number of aliphatic hydroxyl groups is 1. The summed E-state index contributed by atoms with van der Waals surface area (Å²) in [6.07, 6.45) is -3.84. The van der Waals surface area contributed by atoms with Crippen molar-refractivity contribution in [3.8, 4) is 11.5 Å². The Morgan fingerprint density at radius 3 is 2.53 bits per heavy atom. The van der Waals surface area contributed by atoms with Gasteiger partial charge in [0.15, 0.2) is 11.5 Å². The molecule has 0 amide bonds. The van der Waals surface area contributed by atoms with E-state index in [2.05, 4.69) is 9.72 Å². The lowest BCUT2D eigenvalue weighted by atomic mass is 10.1. The van der Waals surface area contributed by atoms with E-state index in [0.29, 0.717) is 0 Å². The van der Waals surface area contributed by atoms with E-state index < -0.39 is 18.7 Å². The van der Waals surface area contributed by atoms with Crippen molar-refractivity contribution in [3.63, 3.8) is 0 Å². The molecule has 0 aliphatic carbocycles. The van der Waals surface area contributed by atoms with E-state index >= 15 is 0 Å². The van der Waals surface area contributed by atoms with Crippen LogP contribution in [0.15, 0.2) is 6.20 Å². The zero-order valence-electron chi connectivity index (χ0n) is 8.91. The first kappa shape index (κ1) is 13.5. The third-order valence-electron chi connectivity index (χ3n) is 1.98. The summed E-state index contributed by atoms with van der Waals surface area (Å²) < 4.78 is 45.2. The van der Waals surface area contributed by atoms with Gasteiger partial charge in [0.2, 0.25) is 0 Å². The Balaban J connectivity index is 3.30. The Morgan fingerprint density at radius 1 is 1.47 bits per heavy atom. The Labute approximate surface area is 95.0 Å². The predicted octanol–water partition coefficient (Wildman–Crippen LogP) is 0.940. The average Bonchev–Trinajstić information content (AvgIpc) is 2.26. The molecule has 3 N–H and O–H groups in total. The van der Waals surface area contributed by atoms with E-state index in [1.54, 1.807) is 0 Å². The fourth-order valence-corrected chi connectivity index (χ4v) is 1.27. The van der Waals surface area contributed by atoms with Gasteiger partial charge in [-0.2, -0.15) is 0 Å². The highest BCUT2D eigenvalue weighted by molar-refractivity contribution is 5.47.